The molecule has 0 bridgehead atoms. The van der Waals surface area contributed by atoms with E-state index in [4.69, 9.17) is 18.9 Å². The Morgan fingerprint density at radius 2 is 0.719 bits per heavy atom. The number of esters is 4. The highest BCUT2D eigenvalue weighted by Gasteiger charge is 2.13. The van der Waals surface area contributed by atoms with Gasteiger partial charge in [-0.05, 0) is 114 Å². The lowest BCUT2D eigenvalue weighted by Gasteiger charge is -2.14. The molecule has 0 saturated heterocycles. The lowest BCUT2D eigenvalue weighted by atomic mass is 10.1. The quantitative estimate of drug-likeness (QED) is 0.0274. The first-order valence-corrected chi connectivity index (χ1v) is 25.2. The van der Waals surface area contributed by atoms with Crippen molar-refractivity contribution < 1.29 is 38.1 Å². The summed E-state index contributed by atoms with van der Waals surface area (Å²) in [6, 6.07) is 5.73. The molecule has 0 N–H and O–H groups in total. The van der Waals surface area contributed by atoms with Crippen LogP contribution in [0.3, 0.4) is 0 Å². The average Bonchev–Trinajstić information content (AvgIpc) is 3.28. The third kappa shape index (κ3) is 38.5. The van der Waals surface area contributed by atoms with Crippen LogP contribution in [-0.2, 0) is 57.9 Å². The fourth-order valence-electron chi connectivity index (χ4n) is 7.04. The topological polar surface area (TPSA) is 108 Å². The van der Waals surface area contributed by atoms with Gasteiger partial charge in [0, 0.05) is 6.54 Å². The highest BCUT2D eigenvalue weighted by Crippen LogP contribution is 2.16. The van der Waals surface area contributed by atoms with Gasteiger partial charge in [-0.15, -0.1) is 0 Å². The van der Waals surface area contributed by atoms with Gasteiger partial charge >= 0.3 is 23.9 Å². The van der Waals surface area contributed by atoms with Gasteiger partial charge in [-0.3, -0.25) is 19.2 Å². The monoisotopic (exact) mass is 892 g/mol. The van der Waals surface area contributed by atoms with Crippen LogP contribution in [0.2, 0.25) is 0 Å². The summed E-state index contributed by atoms with van der Waals surface area (Å²) < 4.78 is 21.7. The fourth-order valence-corrected chi connectivity index (χ4v) is 7.04. The minimum absolute atomic E-state index is 0.0209. The van der Waals surface area contributed by atoms with Crippen molar-refractivity contribution >= 4 is 23.9 Å². The van der Waals surface area contributed by atoms with E-state index in [0.29, 0.717) is 19.8 Å². The van der Waals surface area contributed by atoms with E-state index in [2.05, 4.69) is 62.5 Å². The summed E-state index contributed by atoms with van der Waals surface area (Å²) in [5, 5.41) is 0. The first kappa shape index (κ1) is 58.0. The SMILES string of the molecule is CCCCC/C=C\C/C=C\CCCCCCCCOC(=O)CCC(=O)OCc1cc(COC(=O)CCC(=O)OCCCCCCCC/C=C\C/C=C\CCCCC)cc(CN(C)C)c1. The number of allylic oxidation sites excluding steroid dienone is 8. The molecule has 0 aliphatic carbocycles. The highest BCUT2D eigenvalue weighted by molar-refractivity contribution is 5.78. The number of benzene rings is 1. The second-order valence-electron chi connectivity index (χ2n) is 17.3. The summed E-state index contributed by atoms with van der Waals surface area (Å²) >= 11 is 0. The smallest absolute Gasteiger partial charge is 0.306 e. The number of ether oxygens (including phenoxy) is 4. The first-order valence-electron chi connectivity index (χ1n) is 25.2. The van der Waals surface area contributed by atoms with E-state index >= 15 is 0 Å². The normalized spacial score (nSPS) is 11.8. The van der Waals surface area contributed by atoms with Crippen LogP contribution in [0.25, 0.3) is 0 Å². The molecule has 0 unspecified atom stereocenters. The van der Waals surface area contributed by atoms with Crippen LogP contribution in [0.1, 0.15) is 210 Å². The summed E-state index contributed by atoms with van der Waals surface area (Å²) in [7, 11) is 3.91. The van der Waals surface area contributed by atoms with E-state index in [1.165, 1.54) is 89.9 Å². The molecule has 0 fully saturated rings. The van der Waals surface area contributed by atoms with Gasteiger partial charge in [-0.1, -0.05) is 152 Å². The number of carbonyl (C=O) groups is 4. The maximum atomic E-state index is 12.5. The van der Waals surface area contributed by atoms with Gasteiger partial charge in [-0.25, -0.2) is 0 Å². The van der Waals surface area contributed by atoms with Crippen LogP contribution in [-0.4, -0.2) is 56.1 Å². The third-order valence-electron chi connectivity index (χ3n) is 10.7. The molecule has 9 nitrogen and oxygen atoms in total. The van der Waals surface area contributed by atoms with E-state index in [1.807, 2.05) is 37.2 Å². The van der Waals surface area contributed by atoms with Crippen molar-refractivity contribution in [1.29, 1.82) is 0 Å². The van der Waals surface area contributed by atoms with Crippen molar-refractivity contribution in [2.24, 2.45) is 0 Å². The molecule has 64 heavy (non-hydrogen) atoms. The van der Waals surface area contributed by atoms with Crippen LogP contribution in [0.5, 0.6) is 0 Å². The van der Waals surface area contributed by atoms with Crippen molar-refractivity contribution in [2.75, 3.05) is 27.3 Å². The van der Waals surface area contributed by atoms with Crippen LogP contribution < -0.4 is 0 Å². The second-order valence-corrected chi connectivity index (χ2v) is 17.3. The predicted octanol–water partition coefficient (Wildman–Crippen LogP) is 14.1. The molecule has 9 heteroatoms. The summed E-state index contributed by atoms with van der Waals surface area (Å²) in [5.41, 5.74) is 2.49. The number of nitrogens with zero attached hydrogens (tertiary/aromatic N) is 1. The minimum Gasteiger partial charge on any atom is -0.466 e. The van der Waals surface area contributed by atoms with Crippen molar-refractivity contribution in [3.05, 3.63) is 83.5 Å². The van der Waals surface area contributed by atoms with Gasteiger partial charge in [0.25, 0.3) is 0 Å². The van der Waals surface area contributed by atoms with Gasteiger partial charge in [0.1, 0.15) is 13.2 Å². The molecule has 0 heterocycles. The molecular weight excluding hydrogens is 803 g/mol. The van der Waals surface area contributed by atoms with E-state index in [-0.39, 0.29) is 38.9 Å². The van der Waals surface area contributed by atoms with Gasteiger partial charge in [0.15, 0.2) is 0 Å². The van der Waals surface area contributed by atoms with Crippen molar-refractivity contribution in [2.45, 2.75) is 213 Å². The van der Waals surface area contributed by atoms with E-state index in [9.17, 15) is 19.2 Å². The minimum atomic E-state index is -0.477. The fraction of sp³-hybridized carbons (Fsp3) is 0.673. The zero-order chi connectivity index (χ0) is 46.6. The van der Waals surface area contributed by atoms with Crippen LogP contribution >= 0.6 is 0 Å². The second kappa shape index (κ2) is 42.9. The molecule has 0 spiro atoms. The number of unbranched alkanes of at least 4 members (excludes halogenated alkanes) is 18. The van der Waals surface area contributed by atoms with Gasteiger partial charge in [0.2, 0.25) is 0 Å². The Morgan fingerprint density at radius 3 is 1.08 bits per heavy atom. The Morgan fingerprint density at radius 1 is 0.406 bits per heavy atom. The molecule has 362 valence electrons. The number of rotatable bonds is 42. The molecule has 1 rings (SSSR count). The summed E-state index contributed by atoms with van der Waals surface area (Å²) in [5.74, 6) is -1.74. The molecule has 0 atom stereocenters. The number of hydrogen-bond acceptors (Lipinski definition) is 9. The zero-order valence-corrected chi connectivity index (χ0v) is 40.9. The largest absolute Gasteiger partial charge is 0.466 e. The van der Waals surface area contributed by atoms with Crippen molar-refractivity contribution in [3.8, 4) is 0 Å². The van der Waals surface area contributed by atoms with E-state index in [0.717, 1.165) is 80.9 Å². The molecule has 0 radical (unpaired) electrons. The maximum absolute atomic E-state index is 12.5. The Balaban J connectivity index is 2.19. The Labute approximate surface area is 389 Å². The molecule has 1 aromatic rings. The van der Waals surface area contributed by atoms with Gasteiger partial charge in [-0.2, -0.15) is 0 Å². The van der Waals surface area contributed by atoms with Gasteiger partial charge in [0.05, 0.1) is 38.9 Å². The Bertz CT molecular complexity index is 1360. The van der Waals surface area contributed by atoms with E-state index < -0.39 is 23.9 Å². The van der Waals surface area contributed by atoms with Gasteiger partial charge < -0.3 is 23.8 Å². The predicted molar refractivity (Wildman–Crippen MR) is 263 cm³/mol. The molecule has 0 aliphatic rings. The summed E-state index contributed by atoms with van der Waals surface area (Å²) in [6.07, 6.45) is 45.7. The third-order valence-corrected chi connectivity index (χ3v) is 10.7. The lowest BCUT2D eigenvalue weighted by Crippen LogP contribution is -2.13. The molecule has 1 aromatic carbocycles. The van der Waals surface area contributed by atoms with Crippen LogP contribution in [0, 0.1) is 0 Å². The van der Waals surface area contributed by atoms with Crippen LogP contribution in [0.15, 0.2) is 66.8 Å². The number of carbonyl (C=O) groups excluding carboxylic acids is 4. The molecule has 0 aromatic heterocycles. The zero-order valence-electron chi connectivity index (χ0n) is 40.9. The molecule has 0 aliphatic heterocycles. The molecular formula is C55H89NO8. The first-order chi connectivity index (χ1) is 31.2. The lowest BCUT2D eigenvalue weighted by molar-refractivity contribution is -0.151. The maximum Gasteiger partial charge on any atom is 0.306 e. The van der Waals surface area contributed by atoms with E-state index in [1.54, 1.807) is 0 Å². The molecule has 0 amide bonds. The highest BCUT2D eigenvalue weighted by atomic mass is 16.5. The average molecular weight is 892 g/mol. The number of hydrogen-bond donors (Lipinski definition) is 0. The molecule has 0 saturated carbocycles. The summed E-state index contributed by atoms with van der Waals surface area (Å²) in [6.45, 7) is 5.92. The Hall–Kier alpha value is -3.98. The standard InChI is InChI=1S/C55H89NO8/c1-5-7-9-11-13-15-17-19-21-23-25-27-29-31-33-35-41-61-52(57)37-39-54(59)63-47-50-43-49(46-56(3)4)44-51(45-50)48-64-55(60)40-38-53(58)62-42-36-34-32-30-28-26-24-22-20-18-16-14-12-10-8-6-2/h13-16,19-22,43-45H,5-12,17-18,23-42,46-48H2,1-4H3/b15-13-,16-14-,21-19-,22-20-. The summed E-state index contributed by atoms with van der Waals surface area (Å²) in [4.78, 5) is 51.5. The Kier molecular flexibility index (Phi) is 38.9. The van der Waals surface area contributed by atoms with Crippen LogP contribution in [0.4, 0.5) is 0 Å². The van der Waals surface area contributed by atoms with Crippen molar-refractivity contribution in [1.82, 2.24) is 4.90 Å². The van der Waals surface area contributed by atoms with Crippen molar-refractivity contribution in [3.63, 3.8) is 0 Å².